The van der Waals surface area contributed by atoms with Crippen LogP contribution in [-0.2, 0) is 6.42 Å². The first-order valence-electron chi connectivity index (χ1n) is 4.93. The van der Waals surface area contributed by atoms with E-state index in [-0.39, 0.29) is 5.82 Å². The van der Waals surface area contributed by atoms with E-state index in [0.29, 0.717) is 13.0 Å². The second kappa shape index (κ2) is 5.62. The molecule has 7 heteroatoms. The summed E-state index contributed by atoms with van der Waals surface area (Å²) in [5.74, 6) is -1.22. The van der Waals surface area contributed by atoms with Gasteiger partial charge in [0.25, 0.3) is 6.43 Å². The highest BCUT2D eigenvalue weighted by Crippen LogP contribution is 2.20. The van der Waals surface area contributed by atoms with Gasteiger partial charge in [0.1, 0.15) is 17.1 Å². The lowest BCUT2D eigenvalue weighted by atomic mass is 10.2. The third-order valence-corrected chi connectivity index (χ3v) is 2.09. The molecule has 0 fully saturated rings. The van der Waals surface area contributed by atoms with Crippen LogP contribution in [-0.4, -0.2) is 46.6 Å². The van der Waals surface area contributed by atoms with E-state index >= 15 is 0 Å². The molecule has 0 aliphatic carbocycles. The molecule has 1 aromatic heterocycles. The van der Waals surface area contributed by atoms with Crippen LogP contribution in [0, 0.1) is 0 Å². The van der Waals surface area contributed by atoms with Crippen molar-refractivity contribution in [3.05, 3.63) is 23.3 Å². The first-order valence-corrected chi connectivity index (χ1v) is 4.93. The standard InChI is InChI=1S/C10H13F2N3O2/c1-15(2)4-3-7-13-5-6(10(16)17)8(14-7)9(11)12/h5,9H,3-4H2,1-2H3,(H,16,17). The average Bonchev–Trinajstić information content (AvgIpc) is 2.25. The minimum absolute atomic E-state index is 0.221. The highest BCUT2D eigenvalue weighted by Gasteiger charge is 2.20. The molecule has 0 unspecified atom stereocenters. The number of alkyl halides is 2. The Morgan fingerprint density at radius 2 is 2.18 bits per heavy atom. The highest BCUT2D eigenvalue weighted by molar-refractivity contribution is 5.88. The minimum atomic E-state index is -2.91. The van der Waals surface area contributed by atoms with E-state index in [1.165, 1.54) is 0 Å². The second-order valence-corrected chi connectivity index (χ2v) is 3.74. The number of carbonyl (C=O) groups is 1. The number of aromatic nitrogens is 2. The fourth-order valence-corrected chi connectivity index (χ4v) is 1.21. The van der Waals surface area contributed by atoms with Crippen molar-refractivity contribution >= 4 is 5.97 Å². The number of hydrogen-bond acceptors (Lipinski definition) is 4. The number of carboxylic acids is 1. The minimum Gasteiger partial charge on any atom is -0.478 e. The van der Waals surface area contributed by atoms with E-state index in [2.05, 4.69) is 9.97 Å². The SMILES string of the molecule is CN(C)CCc1ncc(C(=O)O)c(C(F)F)n1. The van der Waals surface area contributed by atoms with Gasteiger partial charge >= 0.3 is 5.97 Å². The summed E-state index contributed by atoms with van der Waals surface area (Å²) in [6.07, 6.45) is -1.59. The lowest BCUT2D eigenvalue weighted by Gasteiger charge is -2.10. The van der Waals surface area contributed by atoms with Gasteiger partial charge in [0.15, 0.2) is 0 Å². The molecule has 0 spiro atoms. The van der Waals surface area contributed by atoms with Gasteiger partial charge < -0.3 is 10.0 Å². The van der Waals surface area contributed by atoms with Crippen molar-refractivity contribution in [3.8, 4) is 0 Å². The smallest absolute Gasteiger partial charge is 0.339 e. The quantitative estimate of drug-likeness (QED) is 0.844. The fourth-order valence-electron chi connectivity index (χ4n) is 1.21. The van der Waals surface area contributed by atoms with Crippen LogP contribution in [0.1, 0.15) is 28.3 Å². The van der Waals surface area contributed by atoms with Crippen molar-refractivity contribution in [2.24, 2.45) is 0 Å². The van der Waals surface area contributed by atoms with Gasteiger partial charge in [-0.25, -0.2) is 23.5 Å². The van der Waals surface area contributed by atoms with Crippen LogP contribution >= 0.6 is 0 Å². The first-order chi connectivity index (χ1) is 7.91. The molecule has 0 aliphatic heterocycles. The van der Waals surface area contributed by atoms with Crippen LogP contribution < -0.4 is 0 Å². The first kappa shape index (κ1) is 13.4. The monoisotopic (exact) mass is 245 g/mol. The maximum Gasteiger partial charge on any atom is 0.339 e. The van der Waals surface area contributed by atoms with Crippen molar-refractivity contribution in [2.45, 2.75) is 12.8 Å². The molecule has 1 rings (SSSR count). The largest absolute Gasteiger partial charge is 0.478 e. The number of carboxylic acid groups (broad SMARTS) is 1. The summed E-state index contributed by atoms with van der Waals surface area (Å²) in [5.41, 5.74) is -1.27. The number of nitrogens with zero attached hydrogens (tertiary/aromatic N) is 3. The summed E-state index contributed by atoms with van der Waals surface area (Å²) >= 11 is 0. The Morgan fingerprint density at radius 1 is 1.53 bits per heavy atom. The van der Waals surface area contributed by atoms with Gasteiger partial charge in [-0.05, 0) is 14.1 Å². The lowest BCUT2D eigenvalue weighted by Crippen LogP contribution is -2.17. The molecule has 0 bridgehead atoms. The third kappa shape index (κ3) is 3.70. The van der Waals surface area contributed by atoms with Gasteiger partial charge in [0.2, 0.25) is 0 Å². The Kier molecular flexibility index (Phi) is 4.45. The predicted octanol–water partition coefficient (Wildman–Crippen LogP) is 1.22. The van der Waals surface area contributed by atoms with Crippen LogP contribution in [0.5, 0.6) is 0 Å². The van der Waals surface area contributed by atoms with E-state index in [1.807, 2.05) is 19.0 Å². The van der Waals surface area contributed by atoms with Gasteiger partial charge in [0, 0.05) is 19.2 Å². The van der Waals surface area contributed by atoms with E-state index in [0.717, 1.165) is 6.20 Å². The molecule has 0 saturated carbocycles. The van der Waals surface area contributed by atoms with Gasteiger partial charge in [-0.15, -0.1) is 0 Å². The second-order valence-electron chi connectivity index (χ2n) is 3.74. The zero-order chi connectivity index (χ0) is 13.0. The molecule has 0 aliphatic rings. The summed E-state index contributed by atoms with van der Waals surface area (Å²) in [6, 6.07) is 0. The number of likely N-dealkylation sites (N-methyl/N-ethyl adjacent to an activating group) is 1. The Morgan fingerprint density at radius 3 is 2.65 bits per heavy atom. The molecule has 0 saturated heterocycles. The van der Waals surface area contributed by atoms with Gasteiger partial charge in [0.05, 0.1) is 0 Å². The zero-order valence-electron chi connectivity index (χ0n) is 9.52. The summed E-state index contributed by atoms with van der Waals surface area (Å²) in [7, 11) is 3.67. The van der Waals surface area contributed by atoms with Crippen LogP contribution in [0.4, 0.5) is 8.78 Å². The Labute approximate surface area is 97.1 Å². The molecule has 5 nitrogen and oxygen atoms in total. The van der Waals surface area contributed by atoms with Crippen molar-refractivity contribution < 1.29 is 18.7 Å². The van der Waals surface area contributed by atoms with E-state index < -0.39 is 23.7 Å². The Hall–Kier alpha value is -1.63. The van der Waals surface area contributed by atoms with Crippen molar-refractivity contribution in [1.29, 1.82) is 0 Å². The molecule has 0 amide bonds. The summed E-state index contributed by atoms with van der Waals surface area (Å²) < 4.78 is 25.2. The molecule has 0 aromatic carbocycles. The molecule has 94 valence electrons. The Balaban J connectivity index is 2.97. The maximum atomic E-state index is 12.6. The number of halogens is 2. The predicted molar refractivity (Wildman–Crippen MR) is 56.2 cm³/mol. The van der Waals surface area contributed by atoms with Crippen molar-refractivity contribution in [1.82, 2.24) is 14.9 Å². The van der Waals surface area contributed by atoms with E-state index in [4.69, 9.17) is 5.11 Å². The Bertz CT molecular complexity index is 411. The van der Waals surface area contributed by atoms with Crippen molar-refractivity contribution in [3.63, 3.8) is 0 Å². The molecular weight excluding hydrogens is 232 g/mol. The van der Waals surface area contributed by atoms with Crippen LogP contribution in [0.25, 0.3) is 0 Å². The molecule has 1 aromatic rings. The molecular formula is C10H13F2N3O2. The average molecular weight is 245 g/mol. The van der Waals surface area contributed by atoms with Crippen LogP contribution in [0.15, 0.2) is 6.20 Å². The summed E-state index contributed by atoms with van der Waals surface area (Å²) in [5, 5.41) is 8.70. The molecule has 1 heterocycles. The van der Waals surface area contributed by atoms with E-state index in [9.17, 15) is 13.6 Å². The van der Waals surface area contributed by atoms with Gasteiger partial charge in [-0.1, -0.05) is 0 Å². The topological polar surface area (TPSA) is 66.3 Å². The number of aromatic carboxylic acids is 1. The van der Waals surface area contributed by atoms with Crippen LogP contribution in [0.3, 0.4) is 0 Å². The molecule has 0 radical (unpaired) electrons. The normalized spacial score (nSPS) is 11.2. The lowest BCUT2D eigenvalue weighted by molar-refractivity contribution is 0.0681. The zero-order valence-corrected chi connectivity index (χ0v) is 9.52. The summed E-state index contributed by atoms with van der Waals surface area (Å²) in [6.45, 7) is 0.606. The van der Waals surface area contributed by atoms with Crippen molar-refractivity contribution in [2.75, 3.05) is 20.6 Å². The third-order valence-electron chi connectivity index (χ3n) is 2.09. The van der Waals surface area contributed by atoms with Crippen LogP contribution in [0.2, 0.25) is 0 Å². The maximum absolute atomic E-state index is 12.6. The molecule has 0 atom stereocenters. The van der Waals surface area contributed by atoms with Gasteiger partial charge in [-0.3, -0.25) is 0 Å². The fraction of sp³-hybridized carbons (Fsp3) is 0.500. The number of hydrogen-bond donors (Lipinski definition) is 1. The summed E-state index contributed by atoms with van der Waals surface area (Å²) in [4.78, 5) is 19.9. The van der Waals surface area contributed by atoms with Gasteiger partial charge in [-0.2, -0.15) is 0 Å². The molecule has 1 N–H and O–H groups in total. The molecule has 17 heavy (non-hydrogen) atoms. The number of rotatable bonds is 5. The highest BCUT2D eigenvalue weighted by atomic mass is 19.3. The van der Waals surface area contributed by atoms with E-state index in [1.54, 1.807) is 0 Å².